The van der Waals surface area contributed by atoms with Crippen molar-refractivity contribution in [2.75, 3.05) is 0 Å². The van der Waals surface area contributed by atoms with Crippen molar-refractivity contribution in [1.29, 1.82) is 0 Å². The summed E-state index contributed by atoms with van der Waals surface area (Å²) >= 11 is 0. The molecule has 0 saturated heterocycles. The van der Waals surface area contributed by atoms with Gasteiger partial charge in [0.05, 0.1) is 10.2 Å². The van der Waals surface area contributed by atoms with Gasteiger partial charge in [-0.3, -0.25) is 0 Å². The summed E-state index contributed by atoms with van der Waals surface area (Å²) in [6.07, 6.45) is 11.6. The number of hydrogen-bond acceptors (Lipinski definition) is 0. The zero-order valence-corrected chi connectivity index (χ0v) is 20.9. The quantitative estimate of drug-likeness (QED) is 0.469. The van der Waals surface area contributed by atoms with Gasteiger partial charge >= 0.3 is 0 Å². The molecule has 2 aliphatic rings. The van der Waals surface area contributed by atoms with Crippen LogP contribution < -0.4 is 5.19 Å². The van der Waals surface area contributed by atoms with Gasteiger partial charge in [-0.15, -0.1) is 0 Å². The van der Waals surface area contributed by atoms with Gasteiger partial charge in [0.15, 0.2) is 0 Å². The molecule has 27 heavy (non-hydrogen) atoms. The summed E-state index contributed by atoms with van der Waals surface area (Å²) in [6.45, 7) is 14.8. The molecule has 0 aromatic heterocycles. The average Bonchev–Trinajstić information content (AvgIpc) is 3.13. The van der Waals surface area contributed by atoms with E-state index in [2.05, 4.69) is 92.0 Å². The summed E-state index contributed by atoms with van der Waals surface area (Å²) in [7, 11) is 1.67. The lowest BCUT2D eigenvalue weighted by molar-refractivity contribution is 1.34. The molecule has 1 aromatic carbocycles. The fourth-order valence-electron chi connectivity index (χ4n) is 4.25. The van der Waals surface area contributed by atoms with E-state index in [4.69, 9.17) is 0 Å². The van der Waals surface area contributed by atoms with E-state index in [0.29, 0.717) is 0 Å². The standard InChI is InChI=1S/C24H33Si3/c1-26(2,3)16-18-10-7-12-20(18)22-14-9-15-23(25)24(22)21-13-8-11-19(21)17-27(4,5)6/h7-11,14-15H,12-13,16-17H2,1-6H3. The summed E-state index contributed by atoms with van der Waals surface area (Å²) in [5, 5.41) is 1.24. The van der Waals surface area contributed by atoms with E-state index in [1.807, 2.05) is 0 Å². The molecule has 0 N–H and O–H groups in total. The number of rotatable bonds is 6. The number of allylic oxidation sites excluding steroid dienone is 8. The second-order valence-electron chi connectivity index (χ2n) is 10.4. The second-order valence-corrected chi connectivity index (χ2v) is 21.9. The van der Waals surface area contributed by atoms with E-state index in [-0.39, 0.29) is 0 Å². The van der Waals surface area contributed by atoms with Crippen LogP contribution in [0.3, 0.4) is 0 Å². The molecule has 1 aromatic rings. The molecule has 0 unspecified atom stereocenters. The molecule has 2 aliphatic carbocycles. The van der Waals surface area contributed by atoms with Crippen molar-refractivity contribution >= 4 is 42.7 Å². The van der Waals surface area contributed by atoms with Crippen LogP contribution in [0, 0.1) is 0 Å². The highest BCUT2D eigenvalue weighted by Gasteiger charge is 2.25. The van der Waals surface area contributed by atoms with Crippen LogP contribution in [0.1, 0.15) is 24.0 Å². The van der Waals surface area contributed by atoms with Gasteiger partial charge in [0, 0.05) is 16.1 Å². The SMILES string of the molecule is C[Si](C)(C)CC1=C(c2cccc([Si])c2C2=C(C[Si](C)(C)C)C=CC2)CC=C1. The van der Waals surface area contributed by atoms with Gasteiger partial charge in [-0.2, -0.15) is 0 Å². The predicted molar refractivity (Wildman–Crippen MR) is 129 cm³/mol. The first-order chi connectivity index (χ1) is 12.6. The van der Waals surface area contributed by atoms with Crippen LogP contribution in [0.4, 0.5) is 0 Å². The monoisotopic (exact) mass is 405 g/mol. The topological polar surface area (TPSA) is 0 Å². The summed E-state index contributed by atoms with van der Waals surface area (Å²) in [5.41, 5.74) is 9.14. The minimum atomic E-state index is -1.15. The van der Waals surface area contributed by atoms with Gasteiger partial charge in [0.1, 0.15) is 0 Å². The van der Waals surface area contributed by atoms with Gasteiger partial charge < -0.3 is 0 Å². The summed E-state index contributed by atoms with van der Waals surface area (Å²) in [5.74, 6) is 0. The molecule has 3 radical (unpaired) electrons. The van der Waals surface area contributed by atoms with Gasteiger partial charge in [0.25, 0.3) is 0 Å². The Balaban J connectivity index is 2.12. The predicted octanol–water partition coefficient (Wildman–Crippen LogP) is 6.58. The van der Waals surface area contributed by atoms with Crippen LogP contribution in [0.15, 0.2) is 53.6 Å². The lowest BCUT2D eigenvalue weighted by Gasteiger charge is -2.22. The third-order valence-electron chi connectivity index (χ3n) is 5.19. The van der Waals surface area contributed by atoms with Gasteiger partial charge in [-0.25, -0.2) is 0 Å². The van der Waals surface area contributed by atoms with Crippen molar-refractivity contribution in [3.63, 3.8) is 0 Å². The van der Waals surface area contributed by atoms with E-state index < -0.39 is 16.1 Å². The van der Waals surface area contributed by atoms with E-state index in [1.165, 1.54) is 28.4 Å². The first-order valence-corrected chi connectivity index (χ1v) is 18.1. The lowest BCUT2D eigenvalue weighted by Crippen LogP contribution is -2.21. The normalized spacial score (nSPS) is 17.6. The van der Waals surface area contributed by atoms with Gasteiger partial charge in [-0.1, -0.05) is 87.0 Å². The molecular formula is C24H33Si3. The Bertz CT molecular complexity index is 853. The van der Waals surface area contributed by atoms with E-state index in [9.17, 15) is 0 Å². The van der Waals surface area contributed by atoms with Crippen molar-refractivity contribution in [2.24, 2.45) is 0 Å². The summed E-state index contributed by atoms with van der Waals surface area (Å²) < 4.78 is 0. The van der Waals surface area contributed by atoms with E-state index in [1.54, 1.807) is 22.3 Å². The maximum absolute atomic E-state index is 3.97. The van der Waals surface area contributed by atoms with Crippen LogP contribution in [0.2, 0.25) is 51.4 Å². The smallest absolute Gasteiger partial charge is 0.0720 e. The third-order valence-corrected chi connectivity index (χ3v) is 8.49. The number of benzene rings is 1. The highest BCUT2D eigenvalue weighted by molar-refractivity contribution is 6.77. The molecule has 0 heterocycles. The summed E-state index contributed by atoms with van der Waals surface area (Å²) in [4.78, 5) is 0. The molecule has 0 saturated carbocycles. The number of hydrogen-bond donors (Lipinski definition) is 0. The van der Waals surface area contributed by atoms with Crippen LogP contribution >= 0.6 is 0 Å². The van der Waals surface area contributed by atoms with Crippen molar-refractivity contribution < 1.29 is 0 Å². The van der Waals surface area contributed by atoms with Crippen molar-refractivity contribution in [3.05, 3.63) is 64.8 Å². The maximum Gasteiger partial charge on any atom is 0.0720 e. The average molecular weight is 406 g/mol. The first kappa shape index (κ1) is 20.6. The Morgan fingerprint density at radius 3 is 1.85 bits per heavy atom. The minimum absolute atomic E-state index is 1.07. The molecule has 0 nitrogen and oxygen atoms in total. The molecule has 0 aliphatic heterocycles. The zero-order valence-electron chi connectivity index (χ0n) is 17.9. The lowest BCUT2D eigenvalue weighted by atomic mass is 9.90. The van der Waals surface area contributed by atoms with Crippen molar-refractivity contribution in [1.82, 2.24) is 0 Å². The Hall–Kier alpha value is -1.17. The largest absolute Gasteiger partial charge is 0.0798 e. The second kappa shape index (κ2) is 7.69. The molecule has 3 rings (SSSR count). The minimum Gasteiger partial charge on any atom is -0.0798 e. The fourth-order valence-corrected chi connectivity index (χ4v) is 7.58. The molecule has 3 heteroatoms. The van der Waals surface area contributed by atoms with Crippen molar-refractivity contribution in [2.45, 2.75) is 64.2 Å². The molecule has 0 atom stereocenters. The molecular weight excluding hydrogens is 373 g/mol. The first-order valence-electron chi connectivity index (χ1n) is 10.2. The molecule has 0 spiro atoms. The fraction of sp³-hybridized carbons (Fsp3) is 0.417. The Morgan fingerprint density at radius 2 is 1.30 bits per heavy atom. The van der Waals surface area contributed by atoms with Crippen LogP contribution in [-0.2, 0) is 0 Å². The third kappa shape index (κ3) is 5.01. The maximum atomic E-state index is 3.97. The molecule has 0 amide bonds. The van der Waals surface area contributed by atoms with Crippen LogP contribution in [0.25, 0.3) is 11.1 Å². The highest BCUT2D eigenvalue weighted by atomic mass is 28.3. The Morgan fingerprint density at radius 1 is 0.778 bits per heavy atom. The van der Waals surface area contributed by atoms with Crippen LogP contribution in [-0.4, -0.2) is 26.4 Å². The Kier molecular flexibility index (Phi) is 5.85. The zero-order chi connectivity index (χ0) is 19.8. The molecule has 141 valence electrons. The highest BCUT2D eigenvalue weighted by Crippen LogP contribution is 2.40. The Labute approximate surface area is 171 Å². The molecule has 0 bridgehead atoms. The van der Waals surface area contributed by atoms with Gasteiger partial charge in [-0.05, 0) is 58.3 Å². The molecule has 0 fully saturated rings. The van der Waals surface area contributed by atoms with E-state index in [0.717, 1.165) is 12.8 Å². The summed E-state index contributed by atoms with van der Waals surface area (Å²) in [6, 6.07) is 9.30. The van der Waals surface area contributed by atoms with Gasteiger partial charge in [0.2, 0.25) is 0 Å². The van der Waals surface area contributed by atoms with Crippen molar-refractivity contribution in [3.8, 4) is 0 Å². The van der Waals surface area contributed by atoms with Crippen LogP contribution in [0.5, 0.6) is 0 Å². The van der Waals surface area contributed by atoms with E-state index >= 15 is 0 Å².